The number of ether oxygens (including phenoxy) is 1. The van der Waals surface area contributed by atoms with Crippen LogP contribution < -0.4 is 0 Å². The van der Waals surface area contributed by atoms with E-state index >= 15 is 0 Å². The highest BCUT2D eigenvalue weighted by Gasteiger charge is 2.16. The van der Waals surface area contributed by atoms with E-state index in [1.54, 1.807) is 6.08 Å². The first-order valence-corrected chi connectivity index (χ1v) is 6.08. The Morgan fingerprint density at radius 1 is 1.29 bits per heavy atom. The Bertz CT molecular complexity index is 408. The lowest BCUT2D eigenvalue weighted by atomic mass is 10.0. The summed E-state index contributed by atoms with van der Waals surface area (Å²) >= 11 is 0. The highest BCUT2D eigenvalue weighted by atomic mass is 16.5. The number of allylic oxidation sites excluding steroid dienone is 2. The summed E-state index contributed by atoms with van der Waals surface area (Å²) in [5, 5.41) is 0. The Balaban J connectivity index is 3.15. The van der Waals surface area contributed by atoms with Gasteiger partial charge in [-0.05, 0) is 38.8 Å². The molecule has 0 aliphatic rings. The molecule has 0 aromatic heterocycles. The average molecular weight is 230 g/mol. The van der Waals surface area contributed by atoms with Crippen LogP contribution in [-0.2, 0) is 11.2 Å². The van der Waals surface area contributed by atoms with Gasteiger partial charge in [0.15, 0.2) is 0 Å². The summed E-state index contributed by atoms with van der Waals surface area (Å²) in [6.07, 6.45) is 4.70. The van der Waals surface area contributed by atoms with Crippen LogP contribution in [0.5, 0.6) is 0 Å². The van der Waals surface area contributed by atoms with Gasteiger partial charge < -0.3 is 4.74 Å². The molecule has 1 aromatic carbocycles. The SMILES string of the molecule is C=C/C=C(/OC(C)(C)C)c1ccccc1CC. The quantitative estimate of drug-likeness (QED) is 0.543. The summed E-state index contributed by atoms with van der Waals surface area (Å²) in [6.45, 7) is 12.1. The molecule has 0 amide bonds. The van der Waals surface area contributed by atoms with Crippen molar-refractivity contribution < 1.29 is 4.74 Å². The molecule has 0 saturated carbocycles. The Morgan fingerprint density at radius 2 is 1.94 bits per heavy atom. The smallest absolute Gasteiger partial charge is 0.127 e. The van der Waals surface area contributed by atoms with E-state index in [0.29, 0.717) is 0 Å². The van der Waals surface area contributed by atoms with E-state index in [9.17, 15) is 0 Å². The molecule has 0 bridgehead atoms. The van der Waals surface area contributed by atoms with E-state index in [1.807, 2.05) is 12.1 Å². The minimum atomic E-state index is -0.199. The van der Waals surface area contributed by atoms with Gasteiger partial charge >= 0.3 is 0 Å². The lowest BCUT2D eigenvalue weighted by Gasteiger charge is -2.24. The lowest BCUT2D eigenvalue weighted by Crippen LogP contribution is -2.18. The summed E-state index contributed by atoms with van der Waals surface area (Å²) in [7, 11) is 0. The van der Waals surface area contributed by atoms with Crippen LogP contribution >= 0.6 is 0 Å². The van der Waals surface area contributed by atoms with E-state index in [1.165, 1.54) is 5.56 Å². The van der Waals surface area contributed by atoms with Crippen molar-refractivity contribution >= 4 is 5.76 Å². The van der Waals surface area contributed by atoms with Gasteiger partial charge in [0, 0.05) is 5.56 Å². The number of benzene rings is 1. The van der Waals surface area contributed by atoms with Crippen molar-refractivity contribution in [3.05, 3.63) is 54.1 Å². The minimum Gasteiger partial charge on any atom is -0.488 e. The van der Waals surface area contributed by atoms with Gasteiger partial charge in [0.2, 0.25) is 0 Å². The first-order chi connectivity index (χ1) is 7.98. The molecule has 0 radical (unpaired) electrons. The summed E-state index contributed by atoms with van der Waals surface area (Å²) in [4.78, 5) is 0. The predicted octanol–water partition coefficient (Wildman–Crippen LogP) is 4.59. The van der Waals surface area contributed by atoms with Crippen molar-refractivity contribution in [2.45, 2.75) is 39.7 Å². The largest absolute Gasteiger partial charge is 0.488 e. The third kappa shape index (κ3) is 4.10. The highest BCUT2D eigenvalue weighted by Crippen LogP contribution is 2.26. The van der Waals surface area contributed by atoms with Gasteiger partial charge in [0.25, 0.3) is 0 Å². The summed E-state index contributed by atoms with van der Waals surface area (Å²) in [5.74, 6) is 0.893. The third-order valence-electron chi connectivity index (χ3n) is 2.35. The molecule has 0 atom stereocenters. The van der Waals surface area contributed by atoms with Gasteiger partial charge in [-0.15, -0.1) is 0 Å². The Kier molecular flexibility index (Phi) is 4.56. The second-order valence-electron chi connectivity index (χ2n) is 4.99. The Morgan fingerprint density at radius 3 is 2.47 bits per heavy atom. The van der Waals surface area contributed by atoms with Crippen molar-refractivity contribution in [1.82, 2.24) is 0 Å². The van der Waals surface area contributed by atoms with Crippen molar-refractivity contribution in [2.24, 2.45) is 0 Å². The highest BCUT2D eigenvalue weighted by molar-refractivity contribution is 5.64. The standard InChI is InChI=1S/C16H22O/c1-6-10-15(17-16(3,4)5)14-12-9-8-11-13(14)7-2/h6,8-12H,1,7H2,2-5H3/b15-10+. The summed E-state index contributed by atoms with van der Waals surface area (Å²) in [6, 6.07) is 8.33. The summed E-state index contributed by atoms with van der Waals surface area (Å²) in [5.41, 5.74) is 2.25. The van der Waals surface area contributed by atoms with Gasteiger partial charge in [-0.2, -0.15) is 0 Å². The van der Waals surface area contributed by atoms with Crippen LogP contribution in [0.15, 0.2) is 43.0 Å². The van der Waals surface area contributed by atoms with Gasteiger partial charge in [-0.3, -0.25) is 0 Å². The van der Waals surface area contributed by atoms with Gasteiger partial charge in [0.05, 0.1) is 0 Å². The van der Waals surface area contributed by atoms with E-state index < -0.39 is 0 Å². The number of rotatable bonds is 4. The van der Waals surface area contributed by atoms with E-state index in [0.717, 1.165) is 17.7 Å². The first-order valence-electron chi connectivity index (χ1n) is 6.08. The molecule has 0 aliphatic heterocycles. The molecule has 92 valence electrons. The molecule has 0 spiro atoms. The molecule has 1 aromatic rings. The van der Waals surface area contributed by atoms with Crippen LogP contribution in [0.4, 0.5) is 0 Å². The minimum absolute atomic E-state index is 0.199. The fourth-order valence-electron chi connectivity index (χ4n) is 1.68. The molecule has 0 saturated heterocycles. The second-order valence-corrected chi connectivity index (χ2v) is 4.99. The van der Waals surface area contributed by atoms with Crippen molar-refractivity contribution in [2.75, 3.05) is 0 Å². The van der Waals surface area contributed by atoms with Crippen LogP contribution in [0.1, 0.15) is 38.8 Å². The maximum Gasteiger partial charge on any atom is 0.127 e. The van der Waals surface area contributed by atoms with Gasteiger partial charge in [-0.1, -0.05) is 43.8 Å². The number of aryl methyl sites for hydroxylation is 1. The van der Waals surface area contributed by atoms with Crippen molar-refractivity contribution in [3.8, 4) is 0 Å². The Labute approximate surface area is 105 Å². The number of hydrogen-bond acceptors (Lipinski definition) is 1. The lowest BCUT2D eigenvalue weighted by molar-refractivity contribution is 0.0969. The van der Waals surface area contributed by atoms with Crippen molar-refractivity contribution in [3.63, 3.8) is 0 Å². The van der Waals surface area contributed by atoms with Gasteiger partial charge in [0.1, 0.15) is 11.4 Å². The molecule has 0 heterocycles. The van der Waals surface area contributed by atoms with Gasteiger partial charge in [-0.25, -0.2) is 0 Å². The monoisotopic (exact) mass is 230 g/mol. The molecular formula is C16H22O. The average Bonchev–Trinajstić information content (AvgIpc) is 2.27. The van der Waals surface area contributed by atoms with E-state index in [4.69, 9.17) is 4.74 Å². The van der Waals surface area contributed by atoms with Crippen LogP contribution in [0.25, 0.3) is 5.76 Å². The number of hydrogen-bond donors (Lipinski definition) is 0. The molecule has 17 heavy (non-hydrogen) atoms. The first kappa shape index (κ1) is 13.6. The fraction of sp³-hybridized carbons (Fsp3) is 0.375. The van der Waals surface area contributed by atoms with E-state index in [-0.39, 0.29) is 5.60 Å². The Hall–Kier alpha value is -1.50. The predicted molar refractivity (Wildman–Crippen MR) is 74.8 cm³/mol. The third-order valence-corrected chi connectivity index (χ3v) is 2.35. The van der Waals surface area contributed by atoms with E-state index in [2.05, 4.69) is 52.5 Å². The molecule has 0 unspecified atom stereocenters. The molecule has 1 nitrogen and oxygen atoms in total. The van der Waals surface area contributed by atoms with Crippen LogP contribution in [0.2, 0.25) is 0 Å². The molecule has 0 aliphatic carbocycles. The second kappa shape index (κ2) is 5.72. The molecule has 1 heteroatoms. The maximum atomic E-state index is 6.00. The fourth-order valence-corrected chi connectivity index (χ4v) is 1.68. The van der Waals surface area contributed by atoms with Crippen LogP contribution in [0, 0.1) is 0 Å². The summed E-state index contributed by atoms with van der Waals surface area (Å²) < 4.78 is 6.00. The molecule has 0 fully saturated rings. The zero-order valence-corrected chi connectivity index (χ0v) is 11.3. The van der Waals surface area contributed by atoms with Crippen LogP contribution in [-0.4, -0.2) is 5.60 Å². The normalized spacial score (nSPS) is 12.4. The molecule has 1 rings (SSSR count). The molecular weight excluding hydrogens is 208 g/mol. The zero-order chi connectivity index (χ0) is 12.9. The topological polar surface area (TPSA) is 9.23 Å². The maximum absolute atomic E-state index is 6.00. The van der Waals surface area contributed by atoms with Crippen molar-refractivity contribution in [1.29, 1.82) is 0 Å². The van der Waals surface area contributed by atoms with Crippen LogP contribution in [0.3, 0.4) is 0 Å². The molecule has 0 N–H and O–H groups in total. The zero-order valence-electron chi connectivity index (χ0n) is 11.3.